The first-order chi connectivity index (χ1) is 8.77. The summed E-state index contributed by atoms with van der Waals surface area (Å²) in [5.74, 6) is 0.166. The average molecular weight is 246 g/mol. The molecule has 1 aromatic rings. The van der Waals surface area contributed by atoms with Crippen LogP contribution in [0.25, 0.3) is 0 Å². The van der Waals surface area contributed by atoms with Gasteiger partial charge in [0.25, 0.3) is 5.91 Å². The summed E-state index contributed by atoms with van der Waals surface area (Å²) >= 11 is 0. The molecule has 3 heteroatoms. The van der Waals surface area contributed by atoms with Crippen LogP contribution < -0.4 is 5.32 Å². The van der Waals surface area contributed by atoms with Gasteiger partial charge in [-0.05, 0) is 38.3 Å². The molecule has 3 nitrogen and oxygen atoms in total. The van der Waals surface area contributed by atoms with E-state index in [0.29, 0.717) is 6.04 Å². The highest BCUT2D eigenvalue weighted by Crippen LogP contribution is 2.29. The molecule has 1 amide bonds. The van der Waals surface area contributed by atoms with Crippen LogP contribution in [0.4, 0.5) is 5.69 Å². The van der Waals surface area contributed by atoms with Crippen LogP contribution in [0, 0.1) is 0 Å². The van der Waals surface area contributed by atoms with Crippen LogP contribution in [0.1, 0.15) is 43.5 Å². The lowest BCUT2D eigenvalue weighted by molar-refractivity contribution is 0.0753. The molecule has 0 aliphatic heterocycles. The molecule has 1 aromatic carbocycles. The molecule has 0 aromatic heterocycles. The first kappa shape index (κ1) is 12.9. The molecule has 0 heterocycles. The van der Waals surface area contributed by atoms with Crippen molar-refractivity contribution in [2.75, 3.05) is 18.4 Å². The van der Waals surface area contributed by atoms with Gasteiger partial charge in [-0.1, -0.05) is 19.1 Å². The van der Waals surface area contributed by atoms with E-state index in [4.69, 9.17) is 0 Å². The highest BCUT2D eigenvalue weighted by atomic mass is 16.2. The molecule has 1 fully saturated rings. The van der Waals surface area contributed by atoms with E-state index in [1.807, 2.05) is 29.2 Å². The normalized spacial score (nSPS) is 14.3. The molecule has 0 saturated heterocycles. The molecule has 1 aliphatic rings. The lowest BCUT2D eigenvalue weighted by atomic mass is 10.1. The minimum Gasteiger partial charge on any atom is -0.384 e. The lowest BCUT2D eigenvalue weighted by Crippen LogP contribution is -2.33. The van der Waals surface area contributed by atoms with E-state index < -0.39 is 0 Å². The van der Waals surface area contributed by atoms with Gasteiger partial charge in [0.05, 0.1) is 5.56 Å². The molecular formula is C15H22N2O. The maximum atomic E-state index is 12.5. The third-order valence-electron chi connectivity index (χ3n) is 3.31. The van der Waals surface area contributed by atoms with E-state index in [-0.39, 0.29) is 5.91 Å². The maximum absolute atomic E-state index is 12.5. The Hall–Kier alpha value is -1.51. The predicted molar refractivity (Wildman–Crippen MR) is 75.0 cm³/mol. The summed E-state index contributed by atoms with van der Waals surface area (Å²) in [6.07, 6.45) is 3.37. The second kappa shape index (κ2) is 5.89. The molecule has 0 bridgehead atoms. The number of rotatable bonds is 6. The van der Waals surface area contributed by atoms with E-state index in [1.165, 1.54) is 0 Å². The summed E-state index contributed by atoms with van der Waals surface area (Å²) < 4.78 is 0. The molecular weight excluding hydrogens is 224 g/mol. The quantitative estimate of drug-likeness (QED) is 0.836. The van der Waals surface area contributed by atoms with Gasteiger partial charge in [0.2, 0.25) is 0 Å². The molecule has 1 aliphatic carbocycles. The molecule has 0 atom stereocenters. The second-order valence-electron chi connectivity index (χ2n) is 4.79. The van der Waals surface area contributed by atoms with Gasteiger partial charge in [-0.15, -0.1) is 0 Å². The Balaban J connectivity index is 2.17. The van der Waals surface area contributed by atoms with Gasteiger partial charge in [0.1, 0.15) is 0 Å². The number of amides is 1. The fraction of sp³-hybridized carbons (Fsp3) is 0.533. The molecule has 0 unspecified atom stereocenters. The Morgan fingerprint density at radius 1 is 1.33 bits per heavy atom. The summed E-state index contributed by atoms with van der Waals surface area (Å²) in [5.41, 5.74) is 1.77. The van der Waals surface area contributed by atoms with E-state index in [0.717, 1.165) is 43.6 Å². The van der Waals surface area contributed by atoms with Gasteiger partial charge in [-0.2, -0.15) is 0 Å². The van der Waals surface area contributed by atoms with Crippen LogP contribution in [0.15, 0.2) is 24.3 Å². The van der Waals surface area contributed by atoms with Crippen LogP contribution >= 0.6 is 0 Å². The van der Waals surface area contributed by atoms with E-state index in [2.05, 4.69) is 19.2 Å². The lowest BCUT2D eigenvalue weighted by Gasteiger charge is -2.22. The molecule has 2 rings (SSSR count). The highest BCUT2D eigenvalue weighted by molar-refractivity contribution is 5.99. The molecule has 0 spiro atoms. The fourth-order valence-electron chi connectivity index (χ4n) is 2.19. The molecule has 0 radical (unpaired) electrons. The minimum absolute atomic E-state index is 0.166. The average Bonchev–Trinajstić information content (AvgIpc) is 3.22. The summed E-state index contributed by atoms with van der Waals surface area (Å²) in [6, 6.07) is 8.30. The molecule has 1 N–H and O–H groups in total. The van der Waals surface area contributed by atoms with Crippen molar-refractivity contribution < 1.29 is 4.79 Å². The van der Waals surface area contributed by atoms with Crippen molar-refractivity contribution in [3.8, 4) is 0 Å². The van der Waals surface area contributed by atoms with Crippen molar-refractivity contribution in [2.45, 2.75) is 39.2 Å². The highest BCUT2D eigenvalue weighted by Gasteiger charge is 2.32. The summed E-state index contributed by atoms with van der Waals surface area (Å²) in [6.45, 7) is 5.88. The van der Waals surface area contributed by atoms with Crippen molar-refractivity contribution in [1.29, 1.82) is 0 Å². The van der Waals surface area contributed by atoms with E-state index >= 15 is 0 Å². The second-order valence-corrected chi connectivity index (χ2v) is 4.79. The number of hydrogen-bond donors (Lipinski definition) is 1. The monoisotopic (exact) mass is 246 g/mol. The standard InChI is InChI=1S/C15H22N2O/c1-3-11-16-14-8-6-5-7-13(14)15(18)17(4-2)12-9-10-12/h5-8,12,16H,3-4,9-11H2,1-2H3. The van der Waals surface area contributed by atoms with Crippen molar-refractivity contribution in [3.63, 3.8) is 0 Å². The third kappa shape index (κ3) is 2.84. The first-order valence-electron chi connectivity index (χ1n) is 6.91. The third-order valence-corrected chi connectivity index (χ3v) is 3.31. The number of anilines is 1. The molecule has 18 heavy (non-hydrogen) atoms. The SMILES string of the molecule is CCCNc1ccccc1C(=O)N(CC)C1CC1. The van der Waals surface area contributed by atoms with Gasteiger partial charge in [-0.3, -0.25) is 4.79 Å². The first-order valence-corrected chi connectivity index (χ1v) is 6.91. The van der Waals surface area contributed by atoms with Gasteiger partial charge < -0.3 is 10.2 Å². The van der Waals surface area contributed by atoms with E-state index in [9.17, 15) is 4.79 Å². The Labute approximate surface area is 109 Å². The number of nitrogens with zero attached hydrogens (tertiary/aromatic N) is 1. The van der Waals surface area contributed by atoms with Gasteiger partial charge in [0, 0.05) is 24.8 Å². The topological polar surface area (TPSA) is 32.3 Å². The molecule has 1 saturated carbocycles. The summed E-state index contributed by atoms with van der Waals surface area (Å²) in [7, 11) is 0. The Bertz CT molecular complexity index is 413. The predicted octanol–water partition coefficient (Wildman–Crippen LogP) is 3.13. The molecule has 98 valence electrons. The van der Waals surface area contributed by atoms with Crippen LogP contribution in [0.5, 0.6) is 0 Å². The smallest absolute Gasteiger partial charge is 0.256 e. The number of carbonyl (C=O) groups is 1. The zero-order valence-corrected chi connectivity index (χ0v) is 11.3. The number of hydrogen-bond acceptors (Lipinski definition) is 2. The van der Waals surface area contributed by atoms with Crippen LogP contribution in [-0.4, -0.2) is 29.9 Å². The number of nitrogens with one attached hydrogen (secondary N) is 1. The number of para-hydroxylation sites is 1. The van der Waals surface area contributed by atoms with Gasteiger partial charge >= 0.3 is 0 Å². The van der Waals surface area contributed by atoms with Crippen molar-refractivity contribution in [3.05, 3.63) is 29.8 Å². The van der Waals surface area contributed by atoms with Crippen molar-refractivity contribution in [2.24, 2.45) is 0 Å². The zero-order chi connectivity index (χ0) is 13.0. The van der Waals surface area contributed by atoms with Gasteiger partial charge in [-0.25, -0.2) is 0 Å². The zero-order valence-electron chi connectivity index (χ0n) is 11.3. The maximum Gasteiger partial charge on any atom is 0.256 e. The van der Waals surface area contributed by atoms with Crippen LogP contribution in [-0.2, 0) is 0 Å². The van der Waals surface area contributed by atoms with Gasteiger partial charge in [0.15, 0.2) is 0 Å². The largest absolute Gasteiger partial charge is 0.384 e. The van der Waals surface area contributed by atoms with E-state index in [1.54, 1.807) is 0 Å². The van der Waals surface area contributed by atoms with Crippen LogP contribution in [0.3, 0.4) is 0 Å². The minimum atomic E-state index is 0.166. The van der Waals surface area contributed by atoms with Crippen molar-refractivity contribution >= 4 is 11.6 Å². The fourth-order valence-corrected chi connectivity index (χ4v) is 2.19. The Morgan fingerprint density at radius 2 is 2.06 bits per heavy atom. The summed E-state index contributed by atoms with van der Waals surface area (Å²) in [4.78, 5) is 14.5. The Kier molecular flexibility index (Phi) is 4.24. The summed E-state index contributed by atoms with van der Waals surface area (Å²) in [5, 5.41) is 3.33. The van der Waals surface area contributed by atoms with Crippen molar-refractivity contribution in [1.82, 2.24) is 4.90 Å². The number of benzene rings is 1. The Morgan fingerprint density at radius 3 is 2.67 bits per heavy atom. The number of carbonyl (C=O) groups excluding carboxylic acids is 1. The van der Waals surface area contributed by atoms with Crippen LogP contribution in [0.2, 0.25) is 0 Å².